The summed E-state index contributed by atoms with van der Waals surface area (Å²) < 4.78 is 10.6. The largest absolute Gasteiger partial charge is 0.500 e. The van der Waals surface area contributed by atoms with Crippen molar-refractivity contribution >= 4 is 11.6 Å². The maximum Gasteiger partial charge on any atom is 0.294 e. The summed E-state index contributed by atoms with van der Waals surface area (Å²) in [4.78, 5) is 12.3. The highest BCUT2D eigenvalue weighted by Gasteiger charge is 2.14. The monoisotopic (exact) mass is 297 g/mol. The molecule has 0 aliphatic heterocycles. The van der Waals surface area contributed by atoms with Gasteiger partial charge in [0.2, 0.25) is 5.76 Å². The van der Waals surface area contributed by atoms with Gasteiger partial charge in [-0.25, -0.2) is 0 Å². The van der Waals surface area contributed by atoms with Gasteiger partial charge in [-0.1, -0.05) is 30.3 Å². The number of benzene rings is 2. The Hall–Kier alpha value is -2.75. The Morgan fingerprint density at radius 2 is 1.86 bits per heavy atom. The van der Waals surface area contributed by atoms with Gasteiger partial charge in [0.1, 0.15) is 12.0 Å². The van der Waals surface area contributed by atoms with Crippen molar-refractivity contribution in [3.8, 4) is 5.75 Å². The molecule has 0 spiro atoms. The van der Waals surface area contributed by atoms with E-state index in [0.29, 0.717) is 11.4 Å². The molecule has 0 heterocycles. The molecule has 2 aromatic carbocycles. The molecule has 0 aliphatic rings. The Morgan fingerprint density at radius 3 is 2.55 bits per heavy atom. The Bertz CT molecular complexity index is 692. The summed E-state index contributed by atoms with van der Waals surface area (Å²) in [6, 6.07) is 15.0. The van der Waals surface area contributed by atoms with E-state index in [4.69, 9.17) is 9.47 Å². The van der Waals surface area contributed by atoms with Gasteiger partial charge in [0, 0.05) is 5.69 Å². The molecule has 2 aromatic rings. The first kappa shape index (κ1) is 15.6. The molecule has 0 saturated heterocycles. The molecule has 4 nitrogen and oxygen atoms in total. The Labute approximate surface area is 130 Å². The normalized spacial score (nSPS) is 11.0. The lowest BCUT2D eigenvalue weighted by Crippen LogP contribution is -2.19. The van der Waals surface area contributed by atoms with Crippen molar-refractivity contribution in [1.29, 1.82) is 0 Å². The van der Waals surface area contributed by atoms with E-state index in [1.807, 2.05) is 56.3 Å². The minimum absolute atomic E-state index is 0.0957. The van der Waals surface area contributed by atoms with Gasteiger partial charge in [-0.3, -0.25) is 4.79 Å². The second-order valence-corrected chi connectivity index (χ2v) is 4.91. The standard InChI is InChI=1S/C18H19NO3/c1-13-7-6-9-15(11-13)19-18(20)17(12-21-3)22-16-10-5-4-8-14(16)2/h4-12H,1-3H3,(H,19,20)/b17-12-. The first-order chi connectivity index (χ1) is 10.6. The van der Waals surface area contributed by atoms with E-state index < -0.39 is 0 Å². The molecule has 0 saturated carbocycles. The molecule has 2 rings (SSSR count). The maximum absolute atomic E-state index is 12.3. The van der Waals surface area contributed by atoms with Gasteiger partial charge in [-0.15, -0.1) is 0 Å². The fourth-order valence-electron chi connectivity index (χ4n) is 1.94. The van der Waals surface area contributed by atoms with Crippen molar-refractivity contribution in [2.24, 2.45) is 0 Å². The second-order valence-electron chi connectivity index (χ2n) is 4.91. The molecule has 1 N–H and O–H groups in total. The minimum atomic E-state index is -0.365. The molecule has 4 heteroatoms. The smallest absolute Gasteiger partial charge is 0.294 e. The molecular weight excluding hydrogens is 278 g/mol. The first-order valence-electron chi connectivity index (χ1n) is 6.94. The van der Waals surface area contributed by atoms with Crippen LogP contribution in [0, 0.1) is 13.8 Å². The van der Waals surface area contributed by atoms with Crippen LogP contribution in [0.2, 0.25) is 0 Å². The van der Waals surface area contributed by atoms with E-state index in [1.54, 1.807) is 6.07 Å². The van der Waals surface area contributed by atoms with Crippen LogP contribution in [-0.2, 0) is 9.53 Å². The summed E-state index contributed by atoms with van der Waals surface area (Å²) in [5, 5.41) is 2.80. The molecule has 1 amide bonds. The van der Waals surface area contributed by atoms with Crippen LogP contribution >= 0.6 is 0 Å². The van der Waals surface area contributed by atoms with Crippen molar-refractivity contribution in [1.82, 2.24) is 0 Å². The van der Waals surface area contributed by atoms with Crippen LogP contribution in [0.5, 0.6) is 5.75 Å². The number of carbonyl (C=O) groups excluding carboxylic acids is 1. The van der Waals surface area contributed by atoms with Gasteiger partial charge in [-0.05, 0) is 43.2 Å². The first-order valence-corrected chi connectivity index (χ1v) is 6.94. The Balaban J connectivity index is 2.16. The van der Waals surface area contributed by atoms with E-state index in [0.717, 1.165) is 11.1 Å². The molecule has 0 radical (unpaired) electrons. The zero-order chi connectivity index (χ0) is 15.9. The number of amides is 1. The number of carbonyl (C=O) groups is 1. The third-order valence-electron chi connectivity index (χ3n) is 3.04. The zero-order valence-electron chi connectivity index (χ0n) is 12.9. The minimum Gasteiger partial charge on any atom is -0.500 e. The number of anilines is 1. The molecule has 22 heavy (non-hydrogen) atoms. The topological polar surface area (TPSA) is 47.6 Å². The second kappa shape index (κ2) is 7.31. The van der Waals surface area contributed by atoms with Gasteiger partial charge in [0.05, 0.1) is 7.11 Å². The van der Waals surface area contributed by atoms with Crippen molar-refractivity contribution in [3.63, 3.8) is 0 Å². The predicted octanol–water partition coefficient (Wildman–Crippen LogP) is 3.81. The van der Waals surface area contributed by atoms with Crippen LogP contribution in [0.1, 0.15) is 11.1 Å². The molecular formula is C18H19NO3. The number of hydrogen-bond acceptors (Lipinski definition) is 3. The highest BCUT2D eigenvalue weighted by atomic mass is 16.5. The van der Waals surface area contributed by atoms with E-state index in [1.165, 1.54) is 13.4 Å². The number of ether oxygens (including phenoxy) is 2. The van der Waals surface area contributed by atoms with Crippen molar-refractivity contribution in [2.45, 2.75) is 13.8 Å². The van der Waals surface area contributed by atoms with Crippen LogP contribution in [0.15, 0.2) is 60.6 Å². The van der Waals surface area contributed by atoms with Gasteiger partial charge in [-0.2, -0.15) is 0 Å². The Kier molecular flexibility index (Phi) is 5.20. The molecule has 0 unspecified atom stereocenters. The van der Waals surface area contributed by atoms with E-state index in [-0.39, 0.29) is 11.7 Å². The highest BCUT2D eigenvalue weighted by molar-refractivity contribution is 6.02. The number of aryl methyl sites for hydroxylation is 2. The van der Waals surface area contributed by atoms with Gasteiger partial charge in [0.25, 0.3) is 5.91 Å². The fourth-order valence-corrected chi connectivity index (χ4v) is 1.94. The third-order valence-corrected chi connectivity index (χ3v) is 3.04. The SMILES string of the molecule is CO/C=C(\Oc1ccccc1C)C(=O)Nc1cccc(C)c1. The van der Waals surface area contributed by atoms with E-state index in [9.17, 15) is 4.79 Å². The summed E-state index contributed by atoms with van der Waals surface area (Å²) >= 11 is 0. The highest BCUT2D eigenvalue weighted by Crippen LogP contribution is 2.20. The van der Waals surface area contributed by atoms with Crippen molar-refractivity contribution in [3.05, 3.63) is 71.7 Å². The number of nitrogens with one attached hydrogen (secondary N) is 1. The average Bonchev–Trinajstić information content (AvgIpc) is 2.49. The van der Waals surface area contributed by atoms with Crippen LogP contribution in [-0.4, -0.2) is 13.0 Å². The Morgan fingerprint density at radius 1 is 1.09 bits per heavy atom. The van der Waals surface area contributed by atoms with Crippen LogP contribution in [0.4, 0.5) is 5.69 Å². The fraction of sp³-hybridized carbons (Fsp3) is 0.167. The lowest BCUT2D eigenvalue weighted by molar-refractivity contribution is -0.115. The lowest BCUT2D eigenvalue weighted by atomic mass is 10.2. The molecule has 0 bridgehead atoms. The average molecular weight is 297 g/mol. The van der Waals surface area contributed by atoms with Gasteiger partial charge in [0.15, 0.2) is 0 Å². The third kappa shape index (κ3) is 4.12. The summed E-state index contributed by atoms with van der Waals surface area (Å²) in [5.41, 5.74) is 2.71. The van der Waals surface area contributed by atoms with Gasteiger partial charge < -0.3 is 14.8 Å². The number of rotatable bonds is 5. The molecule has 0 fully saturated rings. The van der Waals surface area contributed by atoms with Crippen LogP contribution in [0.25, 0.3) is 0 Å². The van der Waals surface area contributed by atoms with E-state index in [2.05, 4.69) is 5.32 Å². The summed E-state index contributed by atoms with van der Waals surface area (Å²) in [6.07, 6.45) is 1.29. The number of para-hydroxylation sites is 1. The summed E-state index contributed by atoms with van der Waals surface area (Å²) in [5.74, 6) is 0.346. The zero-order valence-corrected chi connectivity index (χ0v) is 12.9. The summed E-state index contributed by atoms with van der Waals surface area (Å²) in [7, 11) is 1.47. The quantitative estimate of drug-likeness (QED) is 0.674. The van der Waals surface area contributed by atoms with Crippen LogP contribution in [0.3, 0.4) is 0 Å². The number of methoxy groups -OCH3 is 1. The molecule has 0 aromatic heterocycles. The molecule has 0 atom stereocenters. The maximum atomic E-state index is 12.3. The molecule has 0 aliphatic carbocycles. The van der Waals surface area contributed by atoms with Crippen molar-refractivity contribution < 1.29 is 14.3 Å². The van der Waals surface area contributed by atoms with E-state index >= 15 is 0 Å². The number of hydrogen-bond donors (Lipinski definition) is 1. The van der Waals surface area contributed by atoms with Crippen LogP contribution < -0.4 is 10.1 Å². The van der Waals surface area contributed by atoms with Crippen molar-refractivity contribution in [2.75, 3.05) is 12.4 Å². The predicted molar refractivity (Wildman–Crippen MR) is 86.7 cm³/mol. The van der Waals surface area contributed by atoms with Gasteiger partial charge >= 0.3 is 0 Å². The lowest BCUT2D eigenvalue weighted by Gasteiger charge is -2.12. The summed E-state index contributed by atoms with van der Waals surface area (Å²) in [6.45, 7) is 3.88. The molecule has 114 valence electrons.